The van der Waals surface area contributed by atoms with Crippen LogP contribution in [-0.2, 0) is 11.2 Å². The van der Waals surface area contributed by atoms with Crippen molar-refractivity contribution in [3.63, 3.8) is 0 Å². The van der Waals surface area contributed by atoms with Crippen molar-refractivity contribution in [3.05, 3.63) is 5.82 Å². The Kier molecular flexibility index (Phi) is 3.59. The summed E-state index contributed by atoms with van der Waals surface area (Å²) < 4.78 is 0. The highest BCUT2D eigenvalue weighted by molar-refractivity contribution is 8.00. The van der Waals surface area contributed by atoms with Crippen LogP contribution in [0.15, 0.2) is 5.16 Å². The van der Waals surface area contributed by atoms with Crippen molar-refractivity contribution >= 4 is 17.5 Å². The molecule has 0 aliphatic heterocycles. The van der Waals surface area contributed by atoms with E-state index in [2.05, 4.69) is 22.1 Å². The minimum absolute atomic E-state index is 0.00887. The van der Waals surface area contributed by atoms with Gasteiger partial charge in [-0.15, -0.1) is 5.10 Å². The molecule has 1 aromatic heterocycles. The van der Waals surface area contributed by atoms with Crippen LogP contribution < -0.4 is 0 Å². The lowest BCUT2D eigenvalue weighted by Gasteiger charge is -2.56. The zero-order valence-electron chi connectivity index (χ0n) is 13.5. The zero-order chi connectivity index (χ0) is 15.3. The fraction of sp³-hybridized carbons (Fsp3) is 0.824. The fourth-order valence-corrected chi connectivity index (χ4v) is 6.48. The average Bonchev–Trinajstić information content (AvgIpc) is 2.92. The third-order valence-corrected chi connectivity index (χ3v) is 7.02. The summed E-state index contributed by atoms with van der Waals surface area (Å²) in [5.74, 6) is 3.84. The molecule has 4 aliphatic carbocycles. The molecular weight excluding hydrogens is 294 g/mol. The molecule has 4 fully saturated rings. The Morgan fingerprint density at radius 2 is 1.86 bits per heavy atom. The first kappa shape index (κ1) is 14.7. The van der Waals surface area contributed by atoms with E-state index in [-0.39, 0.29) is 10.7 Å². The van der Waals surface area contributed by atoms with E-state index >= 15 is 0 Å². The first-order valence-electron chi connectivity index (χ1n) is 8.70. The molecule has 0 radical (unpaired) electrons. The summed E-state index contributed by atoms with van der Waals surface area (Å²) in [4.78, 5) is 17.6. The number of hydrogen-bond donors (Lipinski definition) is 1. The number of thioether (sulfide) groups is 1. The smallest absolute Gasteiger partial charge is 0.209 e. The van der Waals surface area contributed by atoms with Crippen LogP contribution in [0.5, 0.6) is 0 Å². The van der Waals surface area contributed by atoms with Crippen molar-refractivity contribution in [2.24, 2.45) is 23.2 Å². The number of carbonyl (C=O) groups is 1. The molecule has 4 aliphatic rings. The summed E-state index contributed by atoms with van der Waals surface area (Å²) in [6, 6.07) is 0. The van der Waals surface area contributed by atoms with E-state index in [4.69, 9.17) is 0 Å². The Morgan fingerprint density at radius 3 is 2.36 bits per heavy atom. The molecule has 1 heterocycles. The lowest BCUT2D eigenvalue weighted by Crippen LogP contribution is -2.51. The van der Waals surface area contributed by atoms with Crippen molar-refractivity contribution in [1.82, 2.24) is 15.2 Å². The van der Waals surface area contributed by atoms with E-state index in [1.54, 1.807) is 0 Å². The number of carbonyl (C=O) groups excluding carboxylic acids is 1. The average molecular weight is 319 g/mol. The maximum absolute atomic E-state index is 13.2. The van der Waals surface area contributed by atoms with Gasteiger partial charge in [0.1, 0.15) is 5.82 Å². The van der Waals surface area contributed by atoms with Gasteiger partial charge < -0.3 is 0 Å². The van der Waals surface area contributed by atoms with Gasteiger partial charge in [0, 0.05) is 11.8 Å². The van der Waals surface area contributed by atoms with Crippen LogP contribution in [0.3, 0.4) is 0 Å². The molecule has 4 nitrogen and oxygen atoms in total. The molecule has 0 unspecified atom stereocenters. The first-order chi connectivity index (χ1) is 10.6. The SMILES string of the molecule is CCc1nc(S[C@@H](C)C(=O)C23CC4CC(CC(C4)C2)C3)n[nH]1. The molecule has 5 rings (SSSR count). The van der Waals surface area contributed by atoms with Crippen LogP contribution in [0.25, 0.3) is 0 Å². The number of aromatic amines is 1. The van der Waals surface area contributed by atoms with E-state index < -0.39 is 0 Å². The highest BCUT2D eigenvalue weighted by Crippen LogP contribution is 2.61. The van der Waals surface area contributed by atoms with Gasteiger partial charge in [-0.3, -0.25) is 9.89 Å². The Bertz CT molecular complexity index is 547. The molecule has 22 heavy (non-hydrogen) atoms. The Balaban J connectivity index is 1.48. The van der Waals surface area contributed by atoms with Gasteiger partial charge in [-0.2, -0.15) is 0 Å². The number of Topliss-reactive ketones (excluding diaryl/α,β-unsaturated/α-hetero) is 1. The predicted molar refractivity (Wildman–Crippen MR) is 86.7 cm³/mol. The summed E-state index contributed by atoms with van der Waals surface area (Å²) in [5.41, 5.74) is -0.00887. The van der Waals surface area contributed by atoms with Gasteiger partial charge in [0.05, 0.1) is 5.25 Å². The van der Waals surface area contributed by atoms with Gasteiger partial charge in [-0.1, -0.05) is 18.7 Å². The second kappa shape index (κ2) is 5.36. The van der Waals surface area contributed by atoms with Crippen LogP contribution in [0.1, 0.15) is 58.2 Å². The summed E-state index contributed by atoms with van der Waals surface area (Å²) in [5, 5.41) is 7.87. The van der Waals surface area contributed by atoms with Crippen LogP contribution in [-0.4, -0.2) is 26.2 Å². The van der Waals surface area contributed by atoms with Crippen molar-refractivity contribution in [2.75, 3.05) is 0 Å². The van der Waals surface area contributed by atoms with Crippen molar-refractivity contribution in [1.29, 1.82) is 0 Å². The molecular formula is C17H25N3OS. The quantitative estimate of drug-likeness (QED) is 0.842. The van der Waals surface area contributed by atoms with Gasteiger partial charge in [0.15, 0.2) is 5.78 Å². The number of aryl methyl sites for hydroxylation is 1. The highest BCUT2D eigenvalue weighted by Gasteiger charge is 2.55. The molecule has 1 aromatic rings. The molecule has 120 valence electrons. The van der Waals surface area contributed by atoms with E-state index in [0.29, 0.717) is 5.78 Å². The largest absolute Gasteiger partial charge is 0.298 e. The molecule has 1 atom stereocenters. The van der Waals surface area contributed by atoms with Gasteiger partial charge in [-0.25, -0.2) is 4.98 Å². The van der Waals surface area contributed by atoms with Crippen LogP contribution in [0, 0.1) is 23.2 Å². The number of nitrogens with zero attached hydrogens (tertiary/aromatic N) is 2. The number of hydrogen-bond acceptors (Lipinski definition) is 4. The molecule has 1 N–H and O–H groups in total. The standard InChI is InChI=1S/C17H25N3OS/c1-3-14-18-16(20-19-14)22-10(2)15(21)17-7-11-4-12(8-17)6-13(5-11)9-17/h10-13H,3-9H2,1-2H3,(H,18,19,20)/t10-,11?,12?,13?,17?/m0/s1. The highest BCUT2D eigenvalue weighted by atomic mass is 32.2. The van der Waals surface area contributed by atoms with Crippen LogP contribution >= 0.6 is 11.8 Å². The molecule has 0 spiro atoms. The number of ketones is 1. The van der Waals surface area contributed by atoms with Gasteiger partial charge in [0.25, 0.3) is 0 Å². The van der Waals surface area contributed by atoms with E-state index in [1.165, 1.54) is 31.0 Å². The molecule has 0 aromatic carbocycles. The van der Waals surface area contributed by atoms with E-state index in [1.807, 2.05) is 6.92 Å². The predicted octanol–water partition coefficient (Wildman–Crippen LogP) is 3.63. The normalized spacial score (nSPS) is 37.5. The van der Waals surface area contributed by atoms with Crippen molar-refractivity contribution in [2.45, 2.75) is 69.2 Å². The maximum atomic E-state index is 13.2. The van der Waals surface area contributed by atoms with Gasteiger partial charge in [-0.05, 0) is 63.2 Å². The molecule has 0 amide bonds. The Morgan fingerprint density at radius 1 is 1.27 bits per heavy atom. The van der Waals surface area contributed by atoms with Crippen LogP contribution in [0.2, 0.25) is 0 Å². The molecule has 4 saturated carbocycles. The van der Waals surface area contributed by atoms with E-state index in [9.17, 15) is 4.79 Å². The molecule has 0 saturated heterocycles. The zero-order valence-corrected chi connectivity index (χ0v) is 14.3. The minimum atomic E-state index is -0.0308. The number of nitrogens with one attached hydrogen (secondary N) is 1. The lowest BCUT2D eigenvalue weighted by molar-refractivity contribution is -0.142. The minimum Gasteiger partial charge on any atom is -0.298 e. The summed E-state index contributed by atoms with van der Waals surface area (Å²) in [6.07, 6.45) is 8.45. The molecule has 4 bridgehead atoms. The van der Waals surface area contributed by atoms with Crippen molar-refractivity contribution in [3.8, 4) is 0 Å². The summed E-state index contributed by atoms with van der Waals surface area (Å²) in [7, 11) is 0. The Hall–Kier alpha value is -0.840. The number of aromatic nitrogens is 3. The van der Waals surface area contributed by atoms with Gasteiger partial charge in [0.2, 0.25) is 5.16 Å². The third-order valence-electron chi connectivity index (χ3n) is 6.06. The Labute approximate surface area is 136 Å². The fourth-order valence-electron chi connectivity index (χ4n) is 5.54. The monoisotopic (exact) mass is 319 g/mol. The topological polar surface area (TPSA) is 58.6 Å². The third kappa shape index (κ3) is 2.41. The first-order valence-corrected chi connectivity index (χ1v) is 9.58. The summed E-state index contributed by atoms with van der Waals surface area (Å²) >= 11 is 1.53. The van der Waals surface area contributed by atoms with Crippen molar-refractivity contribution < 1.29 is 4.79 Å². The second-order valence-corrected chi connectivity index (χ2v) is 9.05. The van der Waals surface area contributed by atoms with E-state index in [0.717, 1.165) is 54.4 Å². The van der Waals surface area contributed by atoms with Gasteiger partial charge >= 0.3 is 0 Å². The summed E-state index contributed by atoms with van der Waals surface area (Å²) in [6.45, 7) is 4.10. The maximum Gasteiger partial charge on any atom is 0.209 e. The number of H-pyrrole nitrogens is 1. The number of rotatable bonds is 5. The van der Waals surface area contributed by atoms with Crippen LogP contribution in [0.4, 0.5) is 0 Å². The second-order valence-electron chi connectivity index (χ2n) is 7.74. The molecule has 5 heteroatoms. The lowest BCUT2D eigenvalue weighted by atomic mass is 9.48.